The van der Waals surface area contributed by atoms with Crippen molar-refractivity contribution in [1.82, 2.24) is 20.5 Å². The number of carbonyl (C=O) groups excluding carboxylic acids is 2. The van der Waals surface area contributed by atoms with Gasteiger partial charge in [0.1, 0.15) is 6.04 Å². The molecule has 0 saturated heterocycles. The van der Waals surface area contributed by atoms with Crippen LogP contribution in [0.3, 0.4) is 0 Å². The first-order valence-corrected chi connectivity index (χ1v) is 15.5. The van der Waals surface area contributed by atoms with Crippen molar-refractivity contribution in [3.8, 4) is 11.3 Å². The zero-order chi connectivity index (χ0) is 34.1. The van der Waals surface area contributed by atoms with Gasteiger partial charge in [-0.25, -0.2) is 9.59 Å². The first-order valence-electron chi connectivity index (χ1n) is 15.5. The zero-order valence-corrected chi connectivity index (χ0v) is 27.9. The number of methoxy groups -OCH3 is 1. The van der Waals surface area contributed by atoms with Crippen molar-refractivity contribution in [2.45, 2.75) is 90.6 Å². The number of nitrogens with zero attached hydrogens (tertiary/aromatic N) is 2. The van der Waals surface area contributed by atoms with E-state index in [9.17, 15) is 24.6 Å². The van der Waals surface area contributed by atoms with Crippen LogP contribution in [0.4, 0.5) is 9.59 Å². The van der Waals surface area contributed by atoms with Crippen molar-refractivity contribution in [2.75, 3.05) is 7.11 Å². The van der Waals surface area contributed by atoms with E-state index in [1.807, 2.05) is 93.6 Å². The maximum Gasteiger partial charge on any atom is 0.408 e. The summed E-state index contributed by atoms with van der Waals surface area (Å²) in [7, 11) is 1.23. The van der Waals surface area contributed by atoms with E-state index in [4.69, 9.17) is 4.74 Å². The van der Waals surface area contributed by atoms with Gasteiger partial charge >= 0.3 is 12.2 Å². The van der Waals surface area contributed by atoms with Gasteiger partial charge in [0.25, 0.3) is 0 Å². The second-order valence-corrected chi connectivity index (χ2v) is 13.6. The Labute approximate surface area is 272 Å². The number of aliphatic hydroxyl groups is 1. The van der Waals surface area contributed by atoms with Crippen LogP contribution in [0.15, 0.2) is 79.0 Å². The van der Waals surface area contributed by atoms with E-state index in [0.29, 0.717) is 6.42 Å². The molecule has 3 aromatic rings. The number of amides is 3. The third kappa shape index (κ3) is 10.3. The number of ether oxygens (including phenoxy) is 1. The molecule has 46 heavy (non-hydrogen) atoms. The van der Waals surface area contributed by atoms with E-state index in [-0.39, 0.29) is 12.8 Å². The van der Waals surface area contributed by atoms with Crippen LogP contribution in [-0.4, -0.2) is 75.1 Å². The first-order chi connectivity index (χ1) is 21.6. The van der Waals surface area contributed by atoms with Crippen molar-refractivity contribution >= 4 is 18.1 Å². The number of aromatic nitrogens is 1. The molecule has 1 unspecified atom stereocenters. The standard InChI is InChI=1S/C36H48N4O6/c1-35(2,3)31(39-33(43)46-7)32(42)38-27(21-25-16-18-26(19-17-25)28-15-11-12-20-37-28)23-30(41)29(22-24-13-9-8-10-14-24)40(34(44)45)36(4,5)6/h8-20,27,29-31,41H,21-23H2,1-7H3,(H,38,42)(H,39,43)(H,44,45)/t27?,29-,30-,31+/m0/s1. The summed E-state index contributed by atoms with van der Waals surface area (Å²) in [6.07, 6.45) is -0.611. The molecule has 3 amide bonds. The summed E-state index contributed by atoms with van der Waals surface area (Å²) in [6, 6.07) is 20.6. The van der Waals surface area contributed by atoms with Crippen molar-refractivity contribution in [3.63, 3.8) is 0 Å². The fraction of sp³-hybridized carbons (Fsp3) is 0.444. The molecule has 0 radical (unpaired) electrons. The second kappa shape index (κ2) is 15.7. The maximum atomic E-state index is 13.7. The third-order valence-corrected chi connectivity index (χ3v) is 7.84. The fourth-order valence-electron chi connectivity index (χ4n) is 5.59. The molecule has 0 aliphatic rings. The molecule has 0 fully saturated rings. The highest BCUT2D eigenvalue weighted by molar-refractivity contribution is 5.86. The Bertz CT molecular complexity index is 1420. The zero-order valence-electron chi connectivity index (χ0n) is 27.9. The predicted molar refractivity (Wildman–Crippen MR) is 178 cm³/mol. The van der Waals surface area contributed by atoms with E-state index < -0.39 is 53.3 Å². The van der Waals surface area contributed by atoms with E-state index in [2.05, 4.69) is 15.6 Å². The summed E-state index contributed by atoms with van der Waals surface area (Å²) in [5.41, 5.74) is 2.07. The Morgan fingerprint density at radius 1 is 0.848 bits per heavy atom. The van der Waals surface area contributed by atoms with Crippen LogP contribution in [0, 0.1) is 5.41 Å². The Kier molecular flexibility index (Phi) is 12.3. The number of nitrogens with one attached hydrogen (secondary N) is 2. The number of pyridine rings is 1. The second-order valence-electron chi connectivity index (χ2n) is 13.6. The highest BCUT2D eigenvalue weighted by atomic mass is 16.5. The Balaban J connectivity index is 1.97. The summed E-state index contributed by atoms with van der Waals surface area (Å²) < 4.78 is 4.77. The number of carboxylic acid groups (broad SMARTS) is 1. The van der Waals surface area contributed by atoms with E-state index in [1.165, 1.54) is 12.0 Å². The minimum Gasteiger partial charge on any atom is -0.465 e. The molecular formula is C36H48N4O6. The molecule has 0 saturated carbocycles. The average molecular weight is 633 g/mol. The van der Waals surface area contributed by atoms with Crippen molar-refractivity contribution in [1.29, 1.82) is 0 Å². The summed E-state index contributed by atoms with van der Waals surface area (Å²) >= 11 is 0. The summed E-state index contributed by atoms with van der Waals surface area (Å²) in [6.45, 7) is 10.9. The molecule has 10 nitrogen and oxygen atoms in total. The van der Waals surface area contributed by atoms with Crippen molar-refractivity contribution in [2.24, 2.45) is 5.41 Å². The fourth-order valence-corrected chi connectivity index (χ4v) is 5.59. The van der Waals surface area contributed by atoms with Gasteiger partial charge in [-0.15, -0.1) is 0 Å². The van der Waals surface area contributed by atoms with Crippen molar-refractivity contribution < 1.29 is 29.3 Å². The lowest BCUT2D eigenvalue weighted by Gasteiger charge is -2.42. The van der Waals surface area contributed by atoms with Crippen LogP contribution in [0.2, 0.25) is 0 Å². The van der Waals surface area contributed by atoms with E-state index in [1.54, 1.807) is 27.0 Å². The smallest absolute Gasteiger partial charge is 0.408 e. The van der Waals surface area contributed by atoms with Gasteiger partial charge in [0.15, 0.2) is 0 Å². The molecule has 0 aliphatic carbocycles. The van der Waals surface area contributed by atoms with Crippen LogP contribution in [0.5, 0.6) is 0 Å². The van der Waals surface area contributed by atoms with Gasteiger partial charge in [-0.3, -0.25) is 14.7 Å². The molecule has 4 N–H and O–H groups in total. The molecule has 1 aromatic heterocycles. The van der Waals surface area contributed by atoms with Crippen LogP contribution >= 0.6 is 0 Å². The normalized spacial score (nSPS) is 14.3. The quantitative estimate of drug-likeness (QED) is 0.201. The summed E-state index contributed by atoms with van der Waals surface area (Å²) in [5.74, 6) is -0.439. The highest BCUT2D eigenvalue weighted by Crippen LogP contribution is 2.26. The molecule has 1 heterocycles. The topological polar surface area (TPSA) is 141 Å². The molecule has 4 atom stereocenters. The number of alkyl carbamates (subject to hydrolysis) is 1. The minimum absolute atomic E-state index is 0.0557. The van der Waals surface area contributed by atoms with Crippen LogP contribution in [0.25, 0.3) is 11.3 Å². The number of hydrogen-bond acceptors (Lipinski definition) is 6. The number of aliphatic hydroxyl groups excluding tert-OH is 1. The Hall–Kier alpha value is -4.44. The van der Waals surface area contributed by atoms with Gasteiger partial charge in [-0.1, -0.05) is 81.4 Å². The SMILES string of the molecule is COC(=O)N[C@H](C(=O)NC(Cc1ccc(-c2ccccn2)cc1)C[C@H](O)[C@H](Cc1ccccc1)N(C(=O)O)C(C)(C)C)C(C)(C)C. The average Bonchev–Trinajstić information content (AvgIpc) is 2.99. The lowest BCUT2D eigenvalue weighted by atomic mass is 9.85. The minimum atomic E-state index is -1.15. The molecule has 248 valence electrons. The summed E-state index contributed by atoms with van der Waals surface area (Å²) in [4.78, 5) is 44.2. The van der Waals surface area contributed by atoms with Crippen LogP contribution in [0.1, 0.15) is 59.1 Å². The van der Waals surface area contributed by atoms with Gasteiger partial charge < -0.3 is 25.6 Å². The first kappa shape index (κ1) is 36.0. The van der Waals surface area contributed by atoms with Crippen molar-refractivity contribution in [3.05, 3.63) is 90.1 Å². The molecule has 0 aliphatic heterocycles. The third-order valence-electron chi connectivity index (χ3n) is 7.84. The van der Waals surface area contributed by atoms with Crippen LogP contribution in [-0.2, 0) is 22.4 Å². The lowest BCUT2D eigenvalue weighted by Crippen LogP contribution is -2.59. The van der Waals surface area contributed by atoms with E-state index in [0.717, 1.165) is 22.4 Å². The van der Waals surface area contributed by atoms with Gasteiger partial charge in [-0.2, -0.15) is 0 Å². The van der Waals surface area contributed by atoms with Gasteiger partial charge in [0.05, 0.1) is 24.9 Å². The van der Waals surface area contributed by atoms with E-state index >= 15 is 0 Å². The van der Waals surface area contributed by atoms with Gasteiger partial charge in [0.2, 0.25) is 5.91 Å². The van der Waals surface area contributed by atoms with Gasteiger partial charge in [-0.05, 0) is 68.7 Å². The number of hydrogen-bond donors (Lipinski definition) is 4. The molecule has 0 spiro atoms. The van der Waals surface area contributed by atoms with Crippen LogP contribution < -0.4 is 10.6 Å². The Morgan fingerprint density at radius 3 is 1.98 bits per heavy atom. The maximum absolute atomic E-state index is 13.7. The molecular weight excluding hydrogens is 584 g/mol. The number of carbonyl (C=O) groups is 3. The molecule has 0 bridgehead atoms. The predicted octanol–water partition coefficient (Wildman–Crippen LogP) is 5.69. The molecule has 10 heteroatoms. The highest BCUT2D eigenvalue weighted by Gasteiger charge is 2.39. The number of rotatable bonds is 12. The Morgan fingerprint density at radius 2 is 1.46 bits per heavy atom. The lowest BCUT2D eigenvalue weighted by molar-refractivity contribution is -0.126. The van der Waals surface area contributed by atoms with Gasteiger partial charge in [0, 0.05) is 23.3 Å². The largest absolute Gasteiger partial charge is 0.465 e. The molecule has 2 aromatic carbocycles. The monoisotopic (exact) mass is 632 g/mol. The number of benzene rings is 2. The summed E-state index contributed by atoms with van der Waals surface area (Å²) in [5, 5.41) is 27.8. The molecule has 3 rings (SSSR count).